The number of esters is 1. The zero-order chi connectivity index (χ0) is 11.1. The highest BCUT2D eigenvalue weighted by molar-refractivity contribution is 5.78. The first-order valence-electron chi connectivity index (χ1n) is 5.52. The average molecular weight is 211 g/mol. The summed E-state index contributed by atoms with van der Waals surface area (Å²) in [5, 5.41) is 3.41. The molecule has 0 aromatic rings. The fraction of sp³-hybridized carbons (Fsp3) is 0.900. The maximum absolute atomic E-state index is 11.2. The molecule has 0 unspecified atom stereocenters. The fourth-order valence-corrected chi connectivity index (χ4v) is 1.77. The van der Waals surface area contributed by atoms with E-state index in [1.807, 2.05) is 0 Å². The van der Waals surface area contributed by atoms with E-state index in [-0.39, 0.29) is 12.1 Å². The molecule has 2 atom stereocenters. The minimum atomic E-state index is -0.592. The molecule has 1 aliphatic heterocycles. The van der Waals surface area contributed by atoms with Crippen LogP contribution in [0, 0.1) is 0 Å². The molecule has 0 radical (unpaired) electrons. The predicted octanol–water partition coefficient (Wildman–Crippen LogP) is 2.95. The van der Waals surface area contributed by atoms with Crippen LogP contribution in [0.3, 0.4) is 0 Å². The van der Waals surface area contributed by atoms with E-state index in [4.69, 9.17) is 10.3 Å². The van der Waals surface area contributed by atoms with Crippen molar-refractivity contribution in [2.24, 2.45) is 5.11 Å². The third-order valence-electron chi connectivity index (χ3n) is 2.61. The summed E-state index contributed by atoms with van der Waals surface area (Å²) in [6, 6.07) is -0.592. The van der Waals surface area contributed by atoms with Crippen LogP contribution >= 0.6 is 0 Å². The number of ether oxygens (including phenoxy) is 1. The summed E-state index contributed by atoms with van der Waals surface area (Å²) in [5.74, 6) is -0.367. The van der Waals surface area contributed by atoms with Gasteiger partial charge in [0.15, 0.2) is 0 Å². The topological polar surface area (TPSA) is 75.1 Å². The summed E-state index contributed by atoms with van der Waals surface area (Å²) < 4.78 is 5.10. The van der Waals surface area contributed by atoms with E-state index < -0.39 is 6.04 Å². The molecule has 1 heterocycles. The summed E-state index contributed by atoms with van der Waals surface area (Å²) in [5.41, 5.74) is 8.23. The summed E-state index contributed by atoms with van der Waals surface area (Å²) >= 11 is 0. The molecule has 0 aliphatic carbocycles. The predicted molar refractivity (Wildman–Crippen MR) is 56.2 cm³/mol. The standard InChI is InChI=1S/C10H17N3O2/c1-2-3-4-5-6-8-7-9(12-13-11)10(14)15-8/h8-9H,2-7H2,1H3/t8-,9+/m1/s1. The molecule has 0 bridgehead atoms. The number of unbranched alkanes of at least 4 members (excludes halogenated alkanes) is 3. The lowest BCUT2D eigenvalue weighted by Crippen LogP contribution is -2.09. The third kappa shape index (κ3) is 3.80. The number of azide groups is 1. The van der Waals surface area contributed by atoms with Crippen LogP contribution in [0.15, 0.2) is 5.11 Å². The number of rotatable bonds is 6. The molecular weight excluding hydrogens is 194 g/mol. The van der Waals surface area contributed by atoms with Crippen molar-refractivity contribution in [2.75, 3.05) is 0 Å². The number of hydrogen-bond acceptors (Lipinski definition) is 3. The van der Waals surface area contributed by atoms with Gasteiger partial charge in [-0.2, -0.15) is 0 Å². The average Bonchev–Trinajstić information content (AvgIpc) is 2.55. The van der Waals surface area contributed by atoms with Gasteiger partial charge < -0.3 is 4.74 Å². The van der Waals surface area contributed by atoms with Gasteiger partial charge in [0, 0.05) is 11.3 Å². The summed E-state index contributed by atoms with van der Waals surface area (Å²) in [7, 11) is 0. The summed E-state index contributed by atoms with van der Waals surface area (Å²) in [4.78, 5) is 13.8. The van der Waals surface area contributed by atoms with Gasteiger partial charge in [-0.25, -0.2) is 0 Å². The molecule has 0 aromatic heterocycles. The van der Waals surface area contributed by atoms with Gasteiger partial charge in [-0.05, 0) is 18.4 Å². The van der Waals surface area contributed by atoms with Gasteiger partial charge in [-0.1, -0.05) is 31.3 Å². The van der Waals surface area contributed by atoms with Crippen LogP contribution in [-0.2, 0) is 9.53 Å². The van der Waals surface area contributed by atoms with Crippen molar-refractivity contribution in [1.29, 1.82) is 0 Å². The second-order valence-electron chi connectivity index (χ2n) is 3.86. The maximum Gasteiger partial charge on any atom is 0.315 e. The van der Waals surface area contributed by atoms with Crippen molar-refractivity contribution >= 4 is 5.97 Å². The molecule has 0 spiro atoms. The zero-order valence-corrected chi connectivity index (χ0v) is 9.06. The quantitative estimate of drug-likeness (QED) is 0.223. The van der Waals surface area contributed by atoms with E-state index in [2.05, 4.69) is 16.9 Å². The van der Waals surface area contributed by atoms with Gasteiger partial charge in [0.25, 0.3) is 0 Å². The Morgan fingerprint density at radius 3 is 3.00 bits per heavy atom. The van der Waals surface area contributed by atoms with Gasteiger partial charge in [-0.15, -0.1) is 0 Å². The van der Waals surface area contributed by atoms with Crippen molar-refractivity contribution < 1.29 is 9.53 Å². The molecule has 5 heteroatoms. The lowest BCUT2D eigenvalue weighted by molar-refractivity contribution is -0.142. The first kappa shape index (κ1) is 11.9. The fourth-order valence-electron chi connectivity index (χ4n) is 1.77. The first-order chi connectivity index (χ1) is 7.27. The minimum Gasteiger partial charge on any atom is -0.462 e. The van der Waals surface area contributed by atoms with Crippen molar-refractivity contribution in [3.05, 3.63) is 10.4 Å². The Balaban J connectivity index is 2.23. The van der Waals surface area contributed by atoms with Gasteiger partial charge in [-0.3, -0.25) is 4.79 Å². The number of carbonyl (C=O) groups is 1. The lowest BCUT2D eigenvalue weighted by Gasteiger charge is -2.07. The first-order valence-corrected chi connectivity index (χ1v) is 5.52. The Kier molecular flexibility index (Phi) is 4.98. The van der Waals surface area contributed by atoms with Gasteiger partial charge in [0.1, 0.15) is 12.1 Å². The van der Waals surface area contributed by atoms with E-state index in [0.717, 1.165) is 12.8 Å². The normalized spacial score (nSPS) is 24.7. The largest absolute Gasteiger partial charge is 0.462 e. The lowest BCUT2D eigenvalue weighted by atomic mass is 10.1. The molecule has 0 amide bonds. The Morgan fingerprint density at radius 1 is 1.53 bits per heavy atom. The number of nitrogens with zero attached hydrogens (tertiary/aromatic N) is 3. The molecule has 5 nitrogen and oxygen atoms in total. The van der Waals surface area contributed by atoms with Crippen LogP contribution in [-0.4, -0.2) is 18.1 Å². The van der Waals surface area contributed by atoms with Crippen LogP contribution in [0.5, 0.6) is 0 Å². The van der Waals surface area contributed by atoms with E-state index in [0.29, 0.717) is 6.42 Å². The Bertz CT molecular complexity index is 261. The molecule has 1 fully saturated rings. The van der Waals surface area contributed by atoms with Crippen LogP contribution in [0.4, 0.5) is 0 Å². The SMILES string of the molecule is CCCCCC[C@@H]1C[C@H](N=[N+]=[N-])C(=O)O1. The Hall–Kier alpha value is -1.22. The van der Waals surface area contributed by atoms with Crippen molar-refractivity contribution in [1.82, 2.24) is 0 Å². The van der Waals surface area contributed by atoms with Gasteiger partial charge >= 0.3 is 5.97 Å². The van der Waals surface area contributed by atoms with E-state index in [9.17, 15) is 4.79 Å². The van der Waals surface area contributed by atoms with Crippen LogP contribution in [0.25, 0.3) is 10.4 Å². The van der Waals surface area contributed by atoms with Crippen LogP contribution < -0.4 is 0 Å². The summed E-state index contributed by atoms with van der Waals surface area (Å²) in [6.07, 6.45) is 6.08. The minimum absolute atomic E-state index is 0.0372. The summed E-state index contributed by atoms with van der Waals surface area (Å²) in [6.45, 7) is 2.16. The number of hydrogen-bond donors (Lipinski definition) is 0. The van der Waals surface area contributed by atoms with Gasteiger partial charge in [0.2, 0.25) is 0 Å². The van der Waals surface area contributed by atoms with Crippen molar-refractivity contribution in [3.63, 3.8) is 0 Å². The smallest absolute Gasteiger partial charge is 0.315 e. The molecule has 1 saturated heterocycles. The van der Waals surface area contributed by atoms with Crippen molar-refractivity contribution in [2.45, 2.75) is 57.6 Å². The second kappa shape index (κ2) is 6.30. The highest BCUT2D eigenvalue weighted by Crippen LogP contribution is 2.22. The van der Waals surface area contributed by atoms with E-state index in [1.165, 1.54) is 19.3 Å². The Morgan fingerprint density at radius 2 is 2.33 bits per heavy atom. The molecule has 84 valence electrons. The van der Waals surface area contributed by atoms with Crippen LogP contribution in [0.1, 0.15) is 45.4 Å². The molecule has 1 rings (SSSR count). The molecule has 0 saturated carbocycles. The molecule has 0 aromatic carbocycles. The second-order valence-corrected chi connectivity index (χ2v) is 3.86. The van der Waals surface area contributed by atoms with Gasteiger partial charge in [0.05, 0.1) is 0 Å². The highest BCUT2D eigenvalue weighted by atomic mass is 16.6. The van der Waals surface area contributed by atoms with E-state index in [1.54, 1.807) is 0 Å². The Labute approximate surface area is 89.4 Å². The molecule has 0 N–H and O–H groups in total. The van der Waals surface area contributed by atoms with E-state index >= 15 is 0 Å². The molecular formula is C10H17N3O2. The monoisotopic (exact) mass is 211 g/mol. The number of cyclic esters (lactones) is 1. The molecule has 1 aliphatic rings. The number of carbonyl (C=O) groups excluding carboxylic acids is 1. The molecule has 15 heavy (non-hydrogen) atoms. The van der Waals surface area contributed by atoms with Crippen molar-refractivity contribution in [3.8, 4) is 0 Å². The maximum atomic E-state index is 11.2. The van der Waals surface area contributed by atoms with Crippen LogP contribution in [0.2, 0.25) is 0 Å². The zero-order valence-electron chi connectivity index (χ0n) is 9.06. The third-order valence-corrected chi connectivity index (χ3v) is 2.61. The highest BCUT2D eigenvalue weighted by Gasteiger charge is 2.32.